The molecule has 0 radical (unpaired) electrons. The lowest BCUT2D eigenvalue weighted by atomic mass is 10.1. The molecular formula is C17H16F3N3O3S3. The summed E-state index contributed by atoms with van der Waals surface area (Å²) in [5, 5.41) is 11.9. The molecule has 3 heterocycles. The molecule has 1 atom stereocenters. The molecule has 2 aromatic rings. The number of nitrogens with zero attached hydrogens (tertiary/aromatic N) is 3. The summed E-state index contributed by atoms with van der Waals surface area (Å²) in [6.45, 7) is 3.50. The molecule has 1 unspecified atom stereocenters. The number of aromatic nitrogens is 1. The van der Waals surface area contributed by atoms with Crippen LogP contribution in [0.5, 0.6) is 0 Å². The summed E-state index contributed by atoms with van der Waals surface area (Å²) >= 11 is 4.82. The van der Waals surface area contributed by atoms with E-state index in [9.17, 15) is 28.1 Å². The third-order valence-corrected chi connectivity index (χ3v) is 10.0. The number of non-ortho nitro benzene ring substituents is 1. The molecule has 12 heteroatoms. The Balaban J connectivity index is 1.71. The molecule has 2 saturated heterocycles. The van der Waals surface area contributed by atoms with E-state index >= 15 is 0 Å². The van der Waals surface area contributed by atoms with Gasteiger partial charge in [0.25, 0.3) is 11.2 Å². The largest absolute Gasteiger partial charge is 0.416 e. The minimum absolute atomic E-state index is 0.0727. The van der Waals surface area contributed by atoms with Gasteiger partial charge >= 0.3 is 6.18 Å². The Labute approximate surface area is 176 Å². The van der Waals surface area contributed by atoms with E-state index in [2.05, 4.69) is 11.9 Å². The first-order valence-corrected chi connectivity index (χ1v) is 11.5. The SMILES string of the molecule is CC1CSC2(CCN(c3nc(=O)c4cc(C(F)(F)F)cc([N+](=O)[O-])c4s3)CC2)S1. The van der Waals surface area contributed by atoms with Crippen LogP contribution in [-0.4, -0.2) is 38.1 Å². The summed E-state index contributed by atoms with van der Waals surface area (Å²) in [6.07, 6.45) is -3.01. The minimum atomic E-state index is -4.79. The van der Waals surface area contributed by atoms with Gasteiger partial charge in [-0.1, -0.05) is 18.3 Å². The average molecular weight is 464 g/mol. The van der Waals surface area contributed by atoms with Crippen molar-refractivity contribution < 1.29 is 18.1 Å². The van der Waals surface area contributed by atoms with Gasteiger partial charge in [0.15, 0.2) is 5.13 Å². The third kappa shape index (κ3) is 3.93. The number of nitro groups is 1. The standard InChI is InChI=1S/C17H16F3N3O3S3/c1-9-8-27-16(29-9)2-4-22(5-3-16)15-21-14(24)11-6-10(17(18,19)20)7-12(23(25)26)13(11)28-15/h6-7,9H,2-5,8H2,1H3. The maximum absolute atomic E-state index is 13.1. The van der Waals surface area contributed by atoms with Gasteiger partial charge in [0.1, 0.15) is 4.70 Å². The number of alkyl halides is 3. The van der Waals surface area contributed by atoms with Crippen LogP contribution in [0.1, 0.15) is 25.3 Å². The van der Waals surface area contributed by atoms with E-state index in [1.807, 2.05) is 28.4 Å². The van der Waals surface area contributed by atoms with Crippen LogP contribution in [0.3, 0.4) is 0 Å². The number of thioether (sulfide) groups is 2. The Hall–Kier alpha value is -1.53. The van der Waals surface area contributed by atoms with Crippen LogP contribution in [0.4, 0.5) is 24.0 Å². The number of benzene rings is 1. The highest BCUT2D eigenvalue weighted by Gasteiger charge is 2.42. The van der Waals surface area contributed by atoms with Crippen LogP contribution in [0, 0.1) is 10.1 Å². The first-order valence-electron chi connectivity index (χ1n) is 8.85. The molecule has 0 bridgehead atoms. The Morgan fingerprint density at radius 1 is 1.31 bits per heavy atom. The van der Waals surface area contributed by atoms with Crippen LogP contribution in [-0.2, 0) is 6.18 Å². The van der Waals surface area contributed by atoms with E-state index in [-0.39, 0.29) is 14.2 Å². The zero-order chi connectivity index (χ0) is 21.0. The van der Waals surface area contributed by atoms with E-state index in [1.165, 1.54) is 0 Å². The molecule has 156 valence electrons. The van der Waals surface area contributed by atoms with Gasteiger partial charge in [0.05, 0.1) is 20.0 Å². The maximum atomic E-state index is 13.1. The van der Waals surface area contributed by atoms with Crippen molar-refractivity contribution in [2.75, 3.05) is 23.7 Å². The second kappa shape index (κ2) is 7.31. The van der Waals surface area contributed by atoms with Gasteiger partial charge in [-0.25, -0.2) is 0 Å². The van der Waals surface area contributed by atoms with Gasteiger partial charge in [-0.3, -0.25) is 14.9 Å². The molecular weight excluding hydrogens is 447 g/mol. The molecule has 0 aliphatic carbocycles. The smallest absolute Gasteiger partial charge is 0.348 e. The summed E-state index contributed by atoms with van der Waals surface area (Å²) in [6, 6.07) is 1.14. The van der Waals surface area contributed by atoms with Gasteiger partial charge < -0.3 is 4.90 Å². The molecule has 0 saturated carbocycles. The van der Waals surface area contributed by atoms with Crippen molar-refractivity contribution in [2.24, 2.45) is 0 Å². The second-order valence-electron chi connectivity index (χ2n) is 7.07. The number of rotatable bonds is 2. The summed E-state index contributed by atoms with van der Waals surface area (Å²) in [4.78, 5) is 28.8. The Kier molecular flexibility index (Phi) is 5.23. The van der Waals surface area contributed by atoms with Crippen molar-refractivity contribution in [1.82, 2.24) is 4.98 Å². The first-order chi connectivity index (χ1) is 13.6. The summed E-state index contributed by atoms with van der Waals surface area (Å²) in [5.41, 5.74) is -2.81. The topological polar surface area (TPSA) is 76.3 Å². The molecule has 0 N–H and O–H groups in total. The summed E-state index contributed by atoms with van der Waals surface area (Å²) < 4.78 is 39.3. The summed E-state index contributed by atoms with van der Waals surface area (Å²) in [5.74, 6) is 1.10. The molecule has 1 spiro atoms. The maximum Gasteiger partial charge on any atom is 0.416 e. The fourth-order valence-corrected chi connectivity index (χ4v) is 8.30. The third-order valence-electron chi connectivity index (χ3n) is 5.01. The molecule has 4 rings (SSSR count). The molecule has 6 nitrogen and oxygen atoms in total. The van der Waals surface area contributed by atoms with Crippen molar-refractivity contribution in [1.29, 1.82) is 0 Å². The lowest BCUT2D eigenvalue weighted by Gasteiger charge is -2.38. The fourth-order valence-electron chi connectivity index (χ4n) is 3.58. The van der Waals surface area contributed by atoms with Crippen molar-refractivity contribution in [3.63, 3.8) is 0 Å². The number of halogens is 3. The molecule has 2 aliphatic rings. The predicted molar refractivity (Wildman–Crippen MR) is 111 cm³/mol. The Morgan fingerprint density at radius 3 is 2.55 bits per heavy atom. The molecule has 2 fully saturated rings. The lowest BCUT2D eigenvalue weighted by Crippen LogP contribution is -2.40. The predicted octanol–water partition coefficient (Wildman–Crippen LogP) is 4.75. The number of nitro benzene ring substituents is 1. The first kappa shape index (κ1) is 20.7. The van der Waals surface area contributed by atoms with Crippen LogP contribution in [0.15, 0.2) is 16.9 Å². The van der Waals surface area contributed by atoms with E-state index in [0.29, 0.717) is 35.6 Å². The number of anilines is 1. The fraction of sp³-hybridized carbons (Fsp3) is 0.529. The van der Waals surface area contributed by atoms with E-state index in [1.54, 1.807) is 0 Å². The van der Waals surface area contributed by atoms with Crippen LogP contribution >= 0.6 is 34.9 Å². The molecule has 29 heavy (non-hydrogen) atoms. The van der Waals surface area contributed by atoms with Crippen LogP contribution < -0.4 is 10.5 Å². The van der Waals surface area contributed by atoms with Crippen molar-refractivity contribution in [3.8, 4) is 0 Å². The van der Waals surface area contributed by atoms with E-state index in [0.717, 1.165) is 29.9 Å². The lowest BCUT2D eigenvalue weighted by molar-refractivity contribution is -0.383. The van der Waals surface area contributed by atoms with Crippen LogP contribution in [0.2, 0.25) is 0 Å². The quantitative estimate of drug-likeness (QED) is 0.470. The number of piperidine rings is 1. The second-order valence-corrected chi connectivity index (χ2v) is 11.5. The normalized spacial score (nSPS) is 21.8. The zero-order valence-electron chi connectivity index (χ0n) is 15.2. The van der Waals surface area contributed by atoms with E-state index < -0.39 is 27.9 Å². The molecule has 1 aromatic heterocycles. The molecule has 1 aromatic carbocycles. The molecule has 2 aliphatic heterocycles. The number of hydrogen-bond donors (Lipinski definition) is 0. The highest BCUT2D eigenvalue weighted by Crippen LogP contribution is 2.54. The Morgan fingerprint density at radius 2 is 2.00 bits per heavy atom. The van der Waals surface area contributed by atoms with Crippen molar-refractivity contribution >= 4 is 55.8 Å². The van der Waals surface area contributed by atoms with Gasteiger partial charge in [0.2, 0.25) is 0 Å². The number of fused-ring (bicyclic) bond motifs is 1. The Bertz CT molecular complexity index is 1040. The average Bonchev–Trinajstić information content (AvgIpc) is 3.00. The monoisotopic (exact) mass is 463 g/mol. The van der Waals surface area contributed by atoms with Crippen LogP contribution in [0.25, 0.3) is 10.1 Å². The van der Waals surface area contributed by atoms with Gasteiger partial charge in [-0.05, 0) is 18.9 Å². The van der Waals surface area contributed by atoms with Gasteiger partial charge in [-0.15, -0.1) is 23.5 Å². The number of hydrogen-bond acceptors (Lipinski definition) is 8. The van der Waals surface area contributed by atoms with Crippen molar-refractivity contribution in [2.45, 2.75) is 35.3 Å². The zero-order valence-corrected chi connectivity index (χ0v) is 17.6. The summed E-state index contributed by atoms with van der Waals surface area (Å²) in [7, 11) is 0. The van der Waals surface area contributed by atoms with E-state index in [4.69, 9.17) is 0 Å². The highest BCUT2D eigenvalue weighted by atomic mass is 32.2. The highest BCUT2D eigenvalue weighted by molar-refractivity contribution is 8.21. The van der Waals surface area contributed by atoms with Gasteiger partial charge in [-0.2, -0.15) is 18.2 Å². The van der Waals surface area contributed by atoms with Gasteiger partial charge in [0, 0.05) is 30.2 Å². The minimum Gasteiger partial charge on any atom is -0.348 e. The van der Waals surface area contributed by atoms with Crippen molar-refractivity contribution in [3.05, 3.63) is 38.2 Å². The molecule has 0 amide bonds.